The van der Waals surface area contributed by atoms with E-state index in [1.807, 2.05) is 19.1 Å². The third kappa shape index (κ3) is 7.05. The number of esters is 1. The predicted octanol–water partition coefficient (Wildman–Crippen LogP) is 3.04. The van der Waals surface area contributed by atoms with Crippen LogP contribution < -0.4 is 0 Å². The van der Waals surface area contributed by atoms with Gasteiger partial charge in [-0.15, -0.1) is 0 Å². The van der Waals surface area contributed by atoms with E-state index >= 15 is 0 Å². The van der Waals surface area contributed by atoms with E-state index in [4.69, 9.17) is 9.47 Å². The molecule has 0 N–H and O–H groups in total. The van der Waals surface area contributed by atoms with E-state index in [0.717, 1.165) is 31.8 Å². The van der Waals surface area contributed by atoms with E-state index in [1.165, 1.54) is 5.56 Å². The molecule has 0 aliphatic carbocycles. The van der Waals surface area contributed by atoms with Gasteiger partial charge in [-0.3, -0.25) is 4.79 Å². The summed E-state index contributed by atoms with van der Waals surface area (Å²) >= 11 is 0. The lowest BCUT2D eigenvalue weighted by atomic mass is 10.0. The van der Waals surface area contributed by atoms with E-state index in [0.29, 0.717) is 26.1 Å². The molecule has 1 rings (SSSR count). The van der Waals surface area contributed by atoms with E-state index < -0.39 is 0 Å². The maximum Gasteiger partial charge on any atom is 0.306 e. The van der Waals surface area contributed by atoms with Gasteiger partial charge in [0.25, 0.3) is 0 Å². The largest absolute Gasteiger partial charge is 0.466 e. The molecule has 22 heavy (non-hydrogen) atoms. The summed E-state index contributed by atoms with van der Waals surface area (Å²) in [4.78, 5) is 13.8. The van der Waals surface area contributed by atoms with Gasteiger partial charge >= 0.3 is 5.97 Å². The molecule has 0 spiro atoms. The SMILES string of the molecule is CCOC(=O)CCc1ccccc1COCCN(CC)CC. The van der Waals surface area contributed by atoms with Crippen LogP contribution in [0.1, 0.15) is 38.3 Å². The lowest BCUT2D eigenvalue weighted by molar-refractivity contribution is -0.143. The molecule has 0 bridgehead atoms. The summed E-state index contributed by atoms with van der Waals surface area (Å²) in [6.07, 6.45) is 1.12. The lowest BCUT2D eigenvalue weighted by Gasteiger charge is -2.18. The van der Waals surface area contributed by atoms with Crippen LogP contribution in [0, 0.1) is 0 Å². The summed E-state index contributed by atoms with van der Waals surface area (Å²) in [5.74, 6) is -0.139. The second kappa shape index (κ2) is 11.2. The van der Waals surface area contributed by atoms with Crippen molar-refractivity contribution in [3.8, 4) is 0 Å². The van der Waals surface area contributed by atoms with Crippen molar-refractivity contribution in [3.63, 3.8) is 0 Å². The van der Waals surface area contributed by atoms with Crippen LogP contribution in [0.5, 0.6) is 0 Å². The van der Waals surface area contributed by atoms with E-state index in [9.17, 15) is 4.79 Å². The van der Waals surface area contributed by atoms with Gasteiger partial charge < -0.3 is 14.4 Å². The zero-order valence-corrected chi connectivity index (χ0v) is 14.1. The van der Waals surface area contributed by atoms with Crippen molar-refractivity contribution in [1.82, 2.24) is 4.90 Å². The molecule has 0 saturated heterocycles. The smallest absolute Gasteiger partial charge is 0.306 e. The van der Waals surface area contributed by atoms with Crippen LogP contribution in [0.25, 0.3) is 0 Å². The summed E-state index contributed by atoms with van der Waals surface area (Å²) in [6, 6.07) is 8.14. The number of hydrogen-bond donors (Lipinski definition) is 0. The van der Waals surface area contributed by atoms with Crippen LogP contribution in [0.2, 0.25) is 0 Å². The third-order valence-electron chi connectivity index (χ3n) is 3.73. The van der Waals surface area contributed by atoms with Gasteiger partial charge in [0.05, 0.1) is 19.8 Å². The monoisotopic (exact) mass is 307 g/mol. The molecular formula is C18H29NO3. The van der Waals surface area contributed by atoms with E-state index in [1.54, 1.807) is 0 Å². The van der Waals surface area contributed by atoms with Gasteiger partial charge in [0.2, 0.25) is 0 Å². The standard InChI is InChI=1S/C18H29NO3/c1-4-19(5-2)13-14-21-15-17-10-8-7-9-16(17)11-12-18(20)22-6-3/h7-10H,4-6,11-15H2,1-3H3. The number of carbonyl (C=O) groups excluding carboxylic acids is 1. The fraction of sp³-hybridized carbons (Fsp3) is 0.611. The number of rotatable bonds is 11. The van der Waals surface area contributed by atoms with Crippen molar-refractivity contribution in [1.29, 1.82) is 0 Å². The predicted molar refractivity (Wildman–Crippen MR) is 88.8 cm³/mol. The second-order valence-corrected chi connectivity index (χ2v) is 5.15. The van der Waals surface area contributed by atoms with Crippen LogP contribution >= 0.6 is 0 Å². The van der Waals surface area contributed by atoms with Crippen molar-refractivity contribution in [2.75, 3.05) is 32.8 Å². The average Bonchev–Trinajstić information content (AvgIpc) is 2.54. The van der Waals surface area contributed by atoms with E-state index in [2.05, 4.69) is 30.9 Å². The molecule has 0 unspecified atom stereocenters. The van der Waals surface area contributed by atoms with Crippen LogP contribution in [0.3, 0.4) is 0 Å². The first-order chi connectivity index (χ1) is 10.7. The molecule has 0 amide bonds. The highest BCUT2D eigenvalue weighted by molar-refractivity contribution is 5.69. The highest BCUT2D eigenvalue weighted by atomic mass is 16.5. The number of nitrogens with zero attached hydrogens (tertiary/aromatic N) is 1. The van der Waals surface area contributed by atoms with Gasteiger partial charge in [0.1, 0.15) is 0 Å². The highest BCUT2D eigenvalue weighted by Gasteiger charge is 2.07. The maximum atomic E-state index is 11.5. The first kappa shape index (κ1) is 18.7. The van der Waals surface area contributed by atoms with Gasteiger partial charge in [-0.1, -0.05) is 38.1 Å². The fourth-order valence-electron chi connectivity index (χ4n) is 2.33. The van der Waals surface area contributed by atoms with Gasteiger partial charge in [-0.25, -0.2) is 0 Å². The number of benzene rings is 1. The minimum absolute atomic E-state index is 0.139. The Balaban J connectivity index is 2.41. The summed E-state index contributed by atoms with van der Waals surface area (Å²) < 4.78 is 10.8. The van der Waals surface area contributed by atoms with E-state index in [-0.39, 0.29) is 5.97 Å². The summed E-state index contributed by atoms with van der Waals surface area (Å²) in [6.45, 7) is 11.0. The molecule has 4 nitrogen and oxygen atoms in total. The zero-order valence-electron chi connectivity index (χ0n) is 14.1. The molecule has 4 heteroatoms. The molecule has 1 aromatic carbocycles. The van der Waals surface area contributed by atoms with Gasteiger partial charge in [0.15, 0.2) is 0 Å². The molecule has 124 valence electrons. The number of hydrogen-bond acceptors (Lipinski definition) is 4. The Morgan fingerprint density at radius 1 is 1.09 bits per heavy atom. The summed E-state index contributed by atoms with van der Waals surface area (Å²) in [5, 5.41) is 0. The summed E-state index contributed by atoms with van der Waals surface area (Å²) in [5.41, 5.74) is 2.32. The Labute approximate surface area is 134 Å². The minimum atomic E-state index is -0.139. The van der Waals surface area contributed by atoms with Crippen LogP contribution in [-0.4, -0.2) is 43.7 Å². The first-order valence-electron chi connectivity index (χ1n) is 8.23. The Morgan fingerprint density at radius 3 is 2.41 bits per heavy atom. The fourth-order valence-corrected chi connectivity index (χ4v) is 2.33. The maximum absolute atomic E-state index is 11.5. The van der Waals surface area contributed by atoms with Crippen molar-refractivity contribution < 1.29 is 14.3 Å². The zero-order chi connectivity index (χ0) is 16.2. The Kier molecular flexibility index (Phi) is 9.51. The lowest BCUT2D eigenvalue weighted by Crippen LogP contribution is -2.27. The van der Waals surface area contributed by atoms with Gasteiger partial charge in [0, 0.05) is 13.0 Å². The molecule has 0 fully saturated rings. The Hall–Kier alpha value is -1.39. The first-order valence-corrected chi connectivity index (χ1v) is 8.23. The second-order valence-electron chi connectivity index (χ2n) is 5.15. The topological polar surface area (TPSA) is 38.8 Å². The average molecular weight is 307 g/mol. The number of likely N-dealkylation sites (N-methyl/N-ethyl adjacent to an activating group) is 1. The molecular weight excluding hydrogens is 278 g/mol. The molecule has 0 aliphatic rings. The quantitative estimate of drug-likeness (QED) is 0.465. The molecule has 0 aliphatic heterocycles. The highest BCUT2D eigenvalue weighted by Crippen LogP contribution is 2.13. The minimum Gasteiger partial charge on any atom is -0.466 e. The molecule has 0 atom stereocenters. The third-order valence-corrected chi connectivity index (χ3v) is 3.73. The van der Waals surface area contributed by atoms with Crippen molar-refractivity contribution in [2.45, 2.75) is 40.2 Å². The molecule has 1 aromatic rings. The van der Waals surface area contributed by atoms with Crippen LogP contribution in [-0.2, 0) is 27.3 Å². The van der Waals surface area contributed by atoms with Crippen molar-refractivity contribution >= 4 is 5.97 Å². The Bertz CT molecular complexity index is 430. The van der Waals surface area contributed by atoms with Crippen LogP contribution in [0.4, 0.5) is 0 Å². The van der Waals surface area contributed by atoms with Crippen LogP contribution in [0.15, 0.2) is 24.3 Å². The molecule has 0 heterocycles. The number of aryl methyl sites for hydroxylation is 1. The van der Waals surface area contributed by atoms with Gasteiger partial charge in [-0.05, 0) is 37.6 Å². The Morgan fingerprint density at radius 2 is 1.77 bits per heavy atom. The van der Waals surface area contributed by atoms with Gasteiger partial charge in [-0.2, -0.15) is 0 Å². The molecule has 0 saturated carbocycles. The van der Waals surface area contributed by atoms with Crippen molar-refractivity contribution in [2.24, 2.45) is 0 Å². The number of ether oxygens (including phenoxy) is 2. The number of carbonyl (C=O) groups is 1. The molecule has 0 radical (unpaired) electrons. The van der Waals surface area contributed by atoms with Crippen molar-refractivity contribution in [3.05, 3.63) is 35.4 Å². The normalized spacial score (nSPS) is 10.9. The summed E-state index contributed by atoms with van der Waals surface area (Å²) in [7, 11) is 0. The molecule has 0 aromatic heterocycles.